The lowest BCUT2D eigenvalue weighted by Crippen LogP contribution is -2.25. The molecule has 1 aliphatic rings. The third kappa shape index (κ3) is 6.17. The molecule has 0 spiro atoms. The zero-order valence-electron chi connectivity index (χ0n) is 23.4. The molecule has 12 heteroatoms. The van der Waals surface area contributed by atoms with Crippen LogP contribution in [0.4, 0.5) is 11.4 Å². The lowest BCUT2D eigenvalue weighted by Gasteiger charge is -2.22. The van der Waals surface area contributed by atoms with Crippen LogP contribution < -0.4 is 9.91 Å². The van der Waals surface area contributed by atoms with E-state index in [1.807, 2.05) is 29.2 Å². The van der Waals surface area contributed by atoms with Crippen molar-refractivity contribution in [3.8, 4) is 22.7 Å². The highest BCUT2D eigenvalue weighted by molar-refractivity contribution is 7.86. The standard InChI is InChI=1S/C31H26N6O4S2/c1-20-5-14-27-28(29(20)43(39,40)41)42-30(34-27)23-8-12-25(13-9-23)37-31(38)26(21(2)35-37)19-22-6-10-24(11-7-22)36(17-3-15-32)18-4-16-33/h5-14,19H,3-4,17-18H2,1-2H3,(H,39,40,41)/b26-19-. The highest BCUT2D eigenvalue weighted by Crippen LogP contribution is 2.36. The van der Waals surface area contributed by atoms with Crippen molar-refractivity contribution in [1.29, 1.82) is 10.5 Å². The van der Waals surface area contributed by atoms with Crippen LogP contribution in [0.2, 0.25) is 0 Å². The largest absolute Gasteiger partial charge is 0.369 e. The molecule has 43 heavy (non-hydrogen) atoms. The number of nitrogens with zero attached hydrogens (tertiary/aromatic N) is 6. The van der Waals surface area contributed by atoms with Gasteiger partial charge in [-0.25, -0.2) is 4.98 Å². The first kappa shape index (κ1) is 29.6. The summed E-state index contributed by atoms with van der Waals surface area (Å²) in [7, 11) is -4.42. The van der Waals surface area contributed by atoms with Crippen molar-refractivity contribution in [3.63, 3.8) is 0 Å². The van der Waals surface area contributed by atoms with Crippen LogP contribution in [-0.4, -0.2) is 42.7 Å². The van der Waals surface area contributed by atoms with Gasteiger partial charge in [-0.1, -0.05) is 18.2 Å². The first-order valence-electron chi connectivity index (χ1n) is 13.3. The van der Waals surface area contributed by atoms with Gasteiger partial charge in [0.15, 0.2) is 0 Å². The third-order valence-corrected chi connectivity index (χ3v) is 9.25. The Morgan fingerprint density at radius 1 is 0.977 bits per heavy atom. The summed E-state index contributed by atoms with van der Waals surface area (Å²) in [6.45, 7) is 4.45. The molecule has 1 aliphatic heterocycles. The fourth-order valence-electron chi connectivity index (χ4n) is 4.80. The van der Waals surface area contributed by atoms with Crippen LogP contribution in [-0.2, 0) is 14.9 Å². The Bertz CT molecular complexity index is 1950. The Kier molecular flexibility index (Phi) is 8.37. The van der Waals surface area contributed by atoms with E-state index in [0.717, 1.165) is 16.8 Å². The topological polar surface area (TPSA) is 151 Å². The van der Waals surface area contributed by atoms with Crippen LogP contribution in [0, 0.1) is 29.6 Å². The average molecular weight is 611 g/mol. The number of anilines is 2. The molecule has 10 nitrogen and oxygen atoms in total. The molecular weight excluding hydrogens is 585 g/mol. The number of carbonyl (C=O) groups excluding carboxylic acids is 1. The monoisotopic (exact) mass is 610 g/mol. The zero-order valence-corrected chi connectivity index (χ0v) is 25.0. The van der Waals surface area contributed by atoms with E-state index in [1.54, 1.807) is 56.3 Å². The molecule has 0 unspecified atom stereocenters. The van der Waals surface area contributed by atoms with Crippen molar-refractivity contribution in [2.24, 2.45) is 5.10 Å². The number of aryl methyl sites for hydroxylation is 1. The Morgan fingerprint density at radius 3 is 2.23 bits per heavy atom. The van der Waals surface area contributed by atoms with Crippen LogP contribution in [0.25, 0.3) is 26.9 Å². The number of fused-ring (bicyclic) bond motifs is 1. The van der Waals surface area contributed by atoms with Gasteiger partial charge in [0.2, 0.25) is 0 Å². The second kappa shape index (κ2) is 12.2. The van der Waals surface area contributed by atoms with Gasteiger partial charge in [0, 0.05) is 24.3 Å². The number of hydrogen-bond acceptors (Lipinski definition) is 9. The summed E-state index contributed by atoms with van der Waals surface area (Å²) in [6.07, 6.45) is 2.49. The Balaban J connectivity index is 1.35. The third-order valence-electron chi connectivity index (χ3n) is 6.94. The summed E-state index contributed by atoms with van der Waals surface area (Å²) in [5.74, 6) is -0.271. The lowest BCUT2D eigenvalue weighted by atomic mass is 10.1. The number of amides is 1. The normalized spacial score (nSPS) is 14.2. The summed E-state index contributed by atoms with van der Waals surface area (Å²) in [6, 6.07) is 22.3. The van der Waals surface area contributed by atoms with Crippen molar-refractivity contribution < 1.29 is 17.8 Å². The van der Waals surface area contributed by atoms with Gasteiger partial charge in [-0.05, 0) is 73.5 Å². The molecule has 0 bridgehead atoms. The number of hydrogen-bond donors (Lipinski definition) is 1. The minimum atomic E-state index is -4.42. The van der Waals surface area contributed by atoms with Gasteiger partial charge >= 0.3 is 0 Å². The van der Waals surface area contributed by atoms with Crippen LogP contribution in [0.1, 0.15) is 30.9 Å². The number of benzene rings is 3. The molecule has 0 saturated carbocycles. The second-order valence-electron chi connectivity index (χ2n) is 9.86. The number of nitriles is 2. The first-order valence-corrected chi connectivity index (χ1v) is 15.5. The number of aromatic nitrogens is 1. The lowest BCUT2D eigenvalue weighted by molar-refractivity contribution is -0.114. The molecule has 1 aromatic heterocycles. The maximum Gasteiger partial charge on any atom is 0.296 e. The molecule has 1 N–H and O–H groups in total. The maximum atomic E-state index is 13.4. The van der Waals surface area contributed by atoms with Crippen LogP contribution in [0.3, 0.4) is 0 Å². The first-order chi connectivity index (χ1) is 20.6. The molecule has 0 atom stereocenters. The molecule has 0 saturated heterocycles. The molecule has 3 aromatic carbocycles. The quantitative estimate of drug-likeness (QED) is 0.180. The highest BCUT2D eigenvalue weighted by Gasteiger charge is 2.29. The van der Waals surface area contributed by atoms with E-state index in [2.05, 4.69) is 22.2 Å². The zero-order chi connectivity index (χ0) is 30.7. The molecule has 2 heterocycles. The highest BCUT2D eigenvalue weighted by atomic mass is 32.2. The molecule has 1 amide bonds. The minimum Gasteiger partial charge on any atom is -0.369 e. The maximum absolute atomic E-state index is 13.4. The predicted octanol–water partition coefficient (Wildman–Crippen LogP) is 5.96. The van der Waals surface area contributed by atoms with Gasteiger partial charge in [0.1, 0.15) is 9.90 Å². The van der Waals surface area contributed by atoms with Gasteiger partial charge < -0.3 is 4.90 Å². The van der Waals surface area contributed by atoms with Gasteiger partial charge in [-0.15, -0.1) is 11.3 Å². The van der Waals surface area contributed by atoms with Gasteiger partial charge in [-0.2, -0.15) is 29.1 Å². The fraction of sp³-hybridized carbons (Fsp3) is 0.194. The Morgan fingerprint density at radius 2 is 1.63 bits per heavy atom. The van der Waals surface area contributed by atoms with E-state index in [4.69, 9.17) is 10.5 Å². The van der Waals surface area contributed by atoms with Gasteiger partial charge in [0.05, 0.1) is 52.2 Å². The molecule has 5 rings (SSSR count). The average Bonchev–Trinajstić information content (AvgIpc) is 3.53. The van der Waals surface area contributed by atoms with E-state index in [1.165, 1.54) is 16.3 Å². The Hall–Kier alpha value is -4.88. The van der Waals surface area contributed by atoms with Crippen molar-refractivity contribution in [1.82, 2.24) is 4.98 Å². The summed E-state index contributed by atoms with van der Waals surface area (Å²) in [5, 5.41) is 24.3. The second-order valence-corrected chi connectivity index (χ2v) is 12.2. The number of thiazole rings is 1. The molecule has 216 valence electrons. The van der Waals surface area contributed by atoms with E-state index < -0.39 is 10.1 Å². The summed E-state index contributed by atoms with van der Waals surface area (Å²) >= 11 is 1.17. The minimum absolute atomic E-state index is 0.137. The number of carbonyl (C=O) groups is 1. The summed E-state index contributed by atoms with van der Waals surface area (Å²) in [5.41, 5.74) is 4.94. The van der Waals surface area contributed by atoms with E-state index >= 15 is 0 Å². The van der Waals surface area contributed by atoms with E-state index in [9.17, 15) is 17.8 Å². The van der Waals surface area contributed by atoms with Crippen molar-refractivity contribution in [2.75, 3.05) is 23.0 Å². The summed E-state index contributed by atoms with van der Waals surface area (Å²) in [4.78, 5) is 19.8. The predicted molar refractivity (Wildman–Crippen MR) is 167 cm³/mol. The summed E-state index contributed by atoms with van der Waals surface area (Å²) < 4.78 is 34.1. The van der Waals surface area contributed by atoms with Crippen molar-refractivity contribution in [3.05, 3.63) is 77.4 Å². The van der Waals surface area contributed by atoms with Crippen LogP contribution in [0.5, 0.6) is 0 Å². The van der Waals surface area contributed by atoms with Crippen LogP contribution >= 0.6 is 11.3 Å². The molecule has 0 radical (unpaired) electrons. The van der Waals surface area contributed by atoms with Crippen LogP contribution in [0.15, 0.2) is 76.2 Å². The molecular formula is C31H26N6O4S2. The van der Waals surface area contributed by atoms with Gasteiger partial charge in [0.25, 0.3) is 16.0 Å². The molecule has 0 fully saturated rings. The number of hydrazone groups is 1. The molecule has 0 aliphatic carbocycles. The smallest absolute Gasteiger partial charge is 0.296 e. The van der Waals surface area contributed by atoms with E-state index in [0.29, 0.717) is 63.7 Å². The van der Waals surface area contributed by atoms with Crippen molar-refractivity contribution in [2.45, 2.75) is 31.6 Å². The number of rotatable bonds is 9. The van der Waals surface area contributed by atoms with Gasteiger partial charge in [-0.3, -0.25) is 9.35 Å². The SMILES string of the molecule is CC1=NN(c2ccc(-c3nc4ccc(C)c(S(=O)(=O)O)c4s3)cc2)C(=O)/C1=C\c1ccc(N(CCC#N)CCC#N)cc1. The van der Waals surface area contributed by atoms with Crippen molar-refractivity contribution >= 4 is 60.7 Å². The fourth-order valence-corrected chi connectivity index (χ4v) is 7.12. The van der Waals surface area contributed by atoms with E-state index in [-0.39, 0.29) is 10.8 Å². The Labute approximate surface area is 253 Å². The molecule has 4 aromatic rings.